The van der Waals surface area contributed by atoms with Crippen LogP contribution in [0.4, 0.5) is 0 Å². The molecule has 7 heteroatoms. The van der Waals surface area contributed by atoms with Gasteiger partial charge in [-0.15, -0.1) is 0 Å². The summed E-state index contributed by atoms with van der Waals surface area (Å²) in [5.74, 6) is 1.58. The lowest BCUT2D eigenvalue weighted by Gasteiger charge is -2.11. The maximum Gasteiger partial charge on any atom is 0.251 e. The zero-order chi connectivity index (χ0) is 22.5. The summed E-state index contributed by atoms with van der Waals surface area (Å²) in [6.45, 7) is 1.15. The van der Waals surface area contributed by atoms with E-state index in [0.29, 0.717) is 28.7 Å². The largest absolute Gasteiger partial charge is 0.497 e. The number of imidazole rings is 1. The number of benzene rings is 3. The summed E-state index contributed by atoms with van der Waals surface area (Å²) < 4.78 is 7.31. The Kier molecular flexibility index (Phi) is 6.98. The molecule has 0 bridgehead atoms. The van der Waals surface area contributed by atoms with Crippen LogP contribution >= 0.6 is 23.2 Å². The van der Waals surface area contributed by atoms with E-state index in [2.05, 4.69) is 16.0 Å². The van der Waals surface area contributed by atoms with E-state index >= 15 is 0 Å². The first-order valence-corrected chi connectivity index (χ1v) is 11.1. The molecule has 5 nitrogen and oxygen atoms in total. The first-order chi connectivity index (χ1) is 15.5. The molecule has 1 heterocycles. The number of rotatable bonds is 8. The van der Waals surface area contributed by atoms with Gasteiger partial charge in [0.1, 0.15) is 11.6 Å². The van der Waals surface area contributed by atoms with Gasteiger partial charge in [-0.2, -0.15) is 0 Å². The van der Waals surface area contributed by atoms with Crippen molar-refractivity contribution in [3.05, 3.63) is 93.7 Å². The average molecular weight is 468 g/mol. The second-order valence-corrected chi connectivity index (χ2v) is 8.27. The van der Waals surface area contributed by atoms with Gasteiger partial charge in [0.05, 0.1) is 24.7 Å². The van der Waals surface area contributed by atoms with Gasteiger partial charge < -0.3 is 14.6 Å². The predicted molar refractivity (Wildman–Crippen MR) is 129 cm³/mol. The minimum atomic E-state index is -0.103. The molecule has 4 rings (SSSR count). The number of carbonyl (C=O) groups excluding carboxylic acids is 1. The van der Waals surface area contributed by atoms with Crippen LogP contribution in [0, 0.1) is 0 Å². The van der Waals surface area contributed by atoms with Crippen molar-refractivity contribution in [2.45, 2.75) is 19.4 Å². The van der Waals surface area contributed by atoms with E-state index in [9.17, 15) is 4.79 Å². The van der Waals surface area contributed by atoms with Crippen molar-refractivity contribution in [1.82, 2.24) is 14.9 Å². The number of nitrogens with one attached hydrogen (secondary N) is 1. The van der Waals surface area contributed by atoms with E-state index in [1.807, 2.05) is 30.3 Å². The molecule has 0 aliphatic carbocycles. The van der Waals surface area contributed by atoms with Gasteiger partial charge in [-0.25, -0.2) is 4.98 Å². The third-order valence-electron chi connectivity index (χ3n) is 5.29. The van der Waals surface area contributed by atoms with Crippen LogP contribution in [0.25, 0.3) is 11.0 Å². The lowest BCUT2D eigenvalue weighted by atomic mass is 10.2. The minimum absolute atomic E-state index is 0.103. The van der Waals surface area contributed by atoms with Crippen LogP contribution in [-0.2, 0) is 13.0 Å². The Morgan fingerprint density at radius 1 is 1.06 bits per heavy atom. The number of aromatic nitrogens is 2. The van der Waals surface area contributed by atoms with Crippen LogP contribution in [0.1, 0.15) is 28.2 Å². The number of aryl methyl sites for hydroxylation is 1. The van der Waals surface area contributed by atoms with Gasteiger partial charge in [0, 0.05) is 28.6 Å². The molecule has 0 atom stereocenters. The number of halogens is 2. The first kappa shape index (κ1) is 22.2. The molecule has 0 saturated carbocycles. The molecule has 0 aliphatic rings. The van der Waals surface area contributed by atoms with E-state index in [1.54, 1.807) is 37.4 Å². The summed E-state index contributed by atoms with van der Waals surface area (Å²) in [6, 6.07) is 20.6. The number of fused-ring (bicyclic) bond motifs is 1. The van der Waals surface area contributed by atoms with E-state index in [-0.39, 0.29) is 5.91 Å². The molecule has 0 radical (unpaired) electrons. The Balaban J connectivity index is 1.44. The second-order valence-electron chi connectivity index (χ2n) is 7.43. The fourth-order valence-electron chi connectivity index (χ4n) is 3.61. The number of para-hydroxylation sites is 2. The van der Waals surface area contributed by atoms with Crippen molar-refractivity contribution in [3.8, 4) is 5.75 Å². The maximum atomic E-state index is 12.4. The van der Waals surface area contributed by atoms with Crippen LogP contribution in [0.5, 0.6) is 5.75 Å². The molecular formula is C25H23Cl2N3O2. The van der Waals surface area contributed by atoms with Crippen molar-refractivity contribution < 1.29 is 9.53 Å². The molecule has 3 aromatic carbocycles. The molecule has 164 valence electrons. The summed E-state index contributed by atoms with van der Waals surface area (Å²) in [5, 5.41) is 4.22. The third-order valence-corrected chi connectivity index (χ3v) is 5.88. The van der Waals surface area contributed by atoms with Gasteiger partial charge in [0.15, 0.2) is 0 Å². The third kappa shape index (κ3) is 5.06. The summed E-state index contributed by atoms with van der Waals surface area (Å²) in [4.78, 5) is 17.2. The molecule has 32 heavy (non-hydrogen) atoms. The lowest BCUT2D eigenvalue weighted by molar-refractivity contribution is 0.0953. The number of methoxy groups -OCH3 is 1. The van der Waals surface area contributed by atoms with E-state index in [4.69, 9.17) is 32.9 Å². The van der Waals surface area contributed by atoms with Crippen molar-refractivity contribution in [1.29, 1.82) is 0 Å². The highest BCUT2D eigenvalue weighted by Crippen LogP contribution is 2.25. The Morgan fingerprint density at radius 3 is 2.59 bits per heavy atom. The molecule has 0 unspecified atom stereocenters. The minimum Gasteiger partial charge on any atom is -0.497 e. The molecule has 0 aliphatic heterocycles. The van der Waals surface area contributed by atoms with Crippen molar-refractivity contribution >= 4 is 40.1 Å². The summed E-state index contributed by atoms with van der Waals surface area (Å²) in [7, 11) is 1.60. The molecule has 4 aromatic rings. The molecule has 0 spiro atoms. The highest BCUT2D eigenvalue weighted by molar-refractivity contribution is 6.35. The Hall–Kier alpha value is -3.02. The van der Waals surface area contributed by atoms with Crippen LogP contribution in [0.2, 0.25) is 10.0 Å². The van der Waals surface area contributed by atoms with Crippen molar-refractivity contribution in [3.63, 3.8) is 0 Å². The summed E-state index contributed by atoms with van der Waals surface area (Å²) in [5.41, 5.74) is 3.58. The number of carbonyl (C=O) groups is 1. The quantitative estimate of drug-likeness (QED) is 0.335. The van der Waals surface area contributed by atoms with E-state index in [0.717, 1.165) is 41.0 Å². The van der Waals surface area contributed by atoms with E-state index in [1.165, 1.54) is 0 Å². The number of nitrogens with zero attached hydrogens (tertiary/aromatic N) is 2. The smallest absolute Gasteiger partial charge is 0.251 e. The molecule has 1 aromatic heterocycles. The van der Waals surface area contributed by atoms with Crippen LogP contribution in [-0.4, -0.2) is 29.1 Å². The topological polar surface area (TPSA) is 56.1 Å². The molecule has 1 amide bonds. The Morgan fingerprint density at radius 2 is 1.84 bits per heavy atom. The second kappa shape index (κ2) is 10.1. The summed E-state index contributed by atoms with van der Waals surface area (Å²) >= 11 is 12.5. The monoisotopic (exact) mass is 467 g/mol. The Bertz CT molecular complexity index is 1240. The van der Waals surface area contributed by atoms with Crippen molar-refractivity contribution in [2.75, 3.05) is 13.7 Å². The Labute approximate surface area is 196 Å². The number of hydrogen-bond donors (Lipinski definition) is 1. The molecule has 0 fully saturated rings. The van der Waals surface area contributed by atoms with Gasteiger partial charge in [0.25, 0.3) is 5.91 Å². The van der Waals surface area contributed by atoms with Gasteiger partial charge in [-0.1, -0.05) is 41.4 Å². The van der Waals surface area contributed by atoms with Gasteiger partial charge in [-0.05, 0) is 60.5 Å². The van der Waals surface area contributed by atoms with Crippen LogP contribution < -0.4 is 10.1 Å². The SMILES string of the molecule is COc1ccc(C(=O)NCCCc2nc3ccccc3n2Cc2ccc(Cl)cc2Cl)cc1. The standard InChI is InChI=1S/C25H23Cl2N3O2/c1-32-20-12-9-17(10-13-20)25(31)28-14-4-7-24-29-22-5-2-3-6-23(22)30(24)16-18-8-11-19(26)15-21(18)27/h2-3,5-6,8-13,15H,4,7,14,16H2,1H3,(H,28,31). The maximum absolute atomic E-state index is 12.4. The van der Waals surface area contributed by atoms with Crippen LogP contribution in [0.3, 0.4) is 0 Å². The number of hydrogen-bond acceptors (Lipinski definition) is 3. The van der Waals surface area contributed by atoms with E-state index < -0.39 is 0 Å². The molecule has 1 N–H and O–H groups in total. The lowest BCUT2D eigenvalue weighted by Crippen LogP contribution is -2.25. The number of amides is 1. The zero-order valence-electron chi connectivity index (χ0n) is 17.6. The van der Waals surface area contributed by atoms with Crippen molar-refractivity contribution in [2.24, 2.45) is 0 Å². The molecular weight excluding hydrogens is 445 g/mol. The summed E-state index contributed by atoms with van der Waals surface area (Å²) in [6.07, 6.45) is 1.49. The predicted octanol–water partition coefficient (Wildman–Crippen LogP) is 5.76. The fraction of sp³-hybridized carbons (Fsp3) is 0.200. The zero-order valence-corrected chi connectivity index (χ0v) is 19.2. The molecule has 0 saturated heterocycles. The fourth-order valence-corrected chi connectivity index (χ4v) is 4.07. The highest BCUT2D eigenvalue weighted by atomic mass is 35.5. The van der Waals surface area contributed by atoms with Gasteiger partial charge in [0.2, 0.25) is 0 Å². The normalized spacial score (nSPS) is 11.0. The van der Waals surface area contributed by atoms with Gasteiger partial charge >= 0.3 is 0 Å². The first-order valence-electron chi connectivity index (χ1n) is 10.4. The average Bonchev–Trinajstić information content (AvgIpc) is 3.15. The van der Waals surface area contributed by atoms with Gasteiger partial charge in [-0.3, -0.25) is 4.79 Å². The number of ether oxygens (including phenoxy) is 1. The highest BCUT2D eigenvalue weighted by Gasteiger charge is 2.13. The van der Waals surface area contributed by atoms with Crippen LogP contribution in [0.15, 0.2) is 66.7 Å².